The van der Waals surface area contributed by atoms with E-state index in [1.165, 1.54) is 22.9 Å². The summed E-state index contributed by atoms with van der Waals surface area (Å²) in [6.07, 6.45) is 2.69. The molecule has 0 atom stereocenters. The number of amidine groups is 1. The van der Waals surface area contributed by atoms with Gasteiger partial charge in [0.2, 0.25) is 0 Å². The minimum absolute atomic E-state index is 0.0421. The summed E-state index contributed by atoms with van der Waals surface area (Å²) in [5.41, 5.74) is 5.35. The number of carbonyl (C=O) groups excluding carboxylic acids is 1. The number of hydrogen-bond acceptors (Lipinski definition) is 4. The third-order valence-electron chi connectivity index (χ3n) is 6.66. The molecule has 1 saturated heterocycles. The molecule has 0 bridgehead atoms. The molecule has 4 rings (SSSR count). The van der Waals surface area contributed by atoms with Crippen LogP contribution in [0, 0.1) is 6.92 Å². The zero-order chi connectivity index (χ0) is 27.7. The van der Waals surface area contributed by atoms with Crippen molar-refractivity contribution in [2.45, 2.75) is 65.7 Å². The van der Waals surface area contributed by atoms with E-state index in [4.69, 9.17) is 4.99 Å². The molecular formula is C33H38N2O2S. The maximum Gasteiger partial charge on any atom is 0.266 e. The molecular weight excluding hydrogens is 488 g/mol. The van der Waals surface area contributed by atoms with Crippen molar-refractivity contribution in [1.29, 1.82) is 0 Å². The number of carbonyl (C=O) groups is 1. The second-order valence-electron chi connectivity index (χ2n) is 12.0. The van der Waals surface area contributed by atoms with E-state index in [9.17, 15) is 9.90 Å². The van der Waals surface area contributed by atoms with Gasteiger partial charge in [0.05, 0.1) is 10.6 Å². The molecule has 0 saturated carbocycles. The Balaban J connectivity index is 1.75. The Hall–Kier alpha value is -3.31. The number of benzene rings is 3. The number of rotatable bonds is 5. The number of phenols is 1. The number of aryl methyl sites for hydroxylation is 1. The number of amides is 1. The van der Waals surface area contributed by atoms with Crippen LogP contribution < -0.4 is 0 Å². The highest BCUT2D eigenvalue weighted by Crippen LogP contribution is 2.41. The lowest BCUT2D eigenvalue weighted by molar-refractivity contribution is -0.122. The van der Waals surface area contributed by atoms with E-state index >= 15 is 0 Å². The highest BCUT2D eigenvalue weighted by atomic mass is 32.2. The maximum atomic E-state index is 13.7. The van der Waals surface area contributed by atoms with Gasteiger partial charge in [0.1, 0.15) is 5.75 Å². The van der Waals surface area contributed by atoms with Gasteiger partial charge >= 0.3 is 0 Å². The van der Waals surface area contributed by atoms with Crippen LogP contribution in [0.3, 0.4) is 0 Å². The second kappa shape index (κ2) is 10.8. The highest BCUT2D eigenvalue weighted by Gasteiger charge is 2.34. The van der Waals surface area contributed by atoms with Gasteiger partial charge in [-0.05, 0) is 77.4 Å². The third kappa shape index (κ3) is 6.39. The Bertz CT molecular complexity index is 1340. The lowest BCUT2D eigenvalue weighted by Crippen LogP contribution is -2.31. The summed E-state index contributed by atoms with van der Waals surface area (Å²) in [6.45, 7) is 15.2. The van der Waals surface area contributed by atoms with Crippen LogP contribution in [0.15, 0.2) is 76.6 Å². The van der Waals surface area contributed by atoms with Crippen LogP contribution in [0.2, 0.25) is 0 Å². The number of phenolic OH excluding ortho intramolecular Hbond substituents is 1. The number of aromatic hydroxyl groups is 1. The highest BCUT2D eigenvalue weighted by molar-refractivity contribution is 8.18. The Labute approximate surface area is 231 Å². The van der Waals surface area contributed by atoms with Gasteiger partial charge in [0, 0.05) is 17.7 Å². The number of thioether (sulfide) groups is 1. The van der Waals surface area contributed by atoms with Gasteiger partial charge in [-0.25, -0.2) is 4.99 Å². The Morgan fingerprint density at radius 3 is 2.03 bits per heavy atom. The van der Waals surface area contributed by atoms with Crippen molar-refractivity contribution in [2.75, 3.05) is 6.54 Å². The molecule has 198 valence electrons. The molecule has 4 nitrogen and oxygen atoms in total. The van der Waals surface area contributed by atoms with Gasteiger partial charge in [0.25, 0.3) is 5.91 Å². The monoisotopic (exact) mass is 526 g/mol. The fourth-order valence-corrected chi connectivity index (χ4v) is 5.46. The molecule has 3 aromatic carbocycles. The summed E-state index contributed by atoms with van der Waals surface area (Å²) in [7, 11) is 0. The first-order valence-corrected chi connectivity index (χ1v) is 13.9. The van der Waals surface area contributed by atoms with Crippen LogP contribution in [0.25, 0.3) is 6.08 Å². The second-order valence-corrected chi connectivity index (χ2v) is 13.0. The molecule has 5 heteroatoms. The lowest BCUT2D eigenvalue weighted by Gasteiger charge is -2.28. The predicted molar refractivity (Wildman–Crippen MR) is 161 cm³/mol. The molecule has 1 fully saturated rings. The van der Waals surface area contributed by atoms with Crippen molar-refractivity contribution in [1.82, 2.24) is 4.90 Å². The Kier molecular flexibility index (Phi) is 7.89. The molecule has 1 heterocycles. The van der Waals surface area contributed by atoms with Gasteiger partial charge in [-0.2, -0.15) is 0 Å². The van der Waals surface area contributed by atoms with Crippen molar-refractivity contribution in [3.63, 3.8) is 0 Å². The van der Waals surface area contributed by atoms with E-state index in [0.29, 0.717) is 22.4 Å². The molecule has 1 aliphatic heterocycles. The fourth-order valence-electron chi connectivity index (χ4n) is 4.44. The molecule has 0 spiro atoms. The smallest absolute Gasteiger partial charge is 0.266 e. The molecule has 38 heavy (non-hydrogen) atoms. The van der Waals surface area contributed by atoms with Crippen LogP contribution in [-0.4, -0.2) is 27.6 Å². The van der Waals surface area contributed by atoms with E-state index < -0.39 is 0 Å². The summed E-state index contributed by atoms with van der Waals surface area (Å²) in [6, 6.07) is 22.3. The van der Waals surface area contributed by atoms with Crippen LogP contribution >= 0.6 is 11.8 Å². The first-order valence-electron chi connectivity index (χ1n) is 13.1. The van der Waals surface area contributed by atoms with Crippen LogP contribution in [0.1, 0.15) is 69.4 Å². The largest absolute Gasteiger partial charge is 0.507 e. The Morgan fingerprint density at radius 1 is 0.895 bits per heavy atom. The van der Waals surface area contributed by atoms with E-state index in [0.717, 1.165) is 28.8 Å². The standard InChI is InChI=1S/C33H38N2O2S/c1-22-13-15-25(16-14-22)34-31-35(18-17-23-11-9-8-10-12-23)30(37)28(38-31)21-24-19-26(32(2,3)4)29(36)27(20-24)33(5,6)7/h8-16,19-21,36H,17-18H2,1-7H3/b28-21+,34-31?. The zero-order valence-electron chi connectivity index (χ0n) is 23.5. The van der Waals surface area contributed by atoms with Crippen LogP contribution in [0.5, 0.6) is 5.75 Å². The topological polar surface area (TPSA) is 52.9 Å². The summed E-state index contributed by atoms with van der Waals surface area (Å²) in [5.74, 6) is 0.295. The normalized spacial score (nSPS) is 16.6. The zero-order valence-corrected chi connectivity index (χ0v) is 24.3. The average Bonchev–Trinajstić information content (AvgIpc) is 3.13. The van der Waals surface area contributed by atoms with Gasteiger partial charge in [-0.15, -0.1) is 0 Å². The molecule has 3 aromatic rings. The summed E-state index contributed by atoms with van der Waals surface area (Å²) in [4.78, 5) is 21.0. The van der Waals surface area contributed by atoms with Gasteiger partial charge < -0.3 is 5.11 Å². The van der Waals surface area contributed by atoms with Gasteiger partial charge in [-0.1, -0.05) is 89.6 Å². The van der Waals surface area contributed by atoms with Gasteiger partial charge in [0.15, 0.2) is 5.17 Å². The number of aliphatic imine (C=N–C) groups is 1. The first kappa shape index (κ1) is 27.7. The van der Waals surface area contributed by atoms with E-state index in [-0.39, 0.29) is 16.7 Å². The van der Waals surface area contributed by atoms with E-state index in [1.807, 2.05) is 67.6 Å². The van der Waals surface area contributed by atoms with Crippen molar-refractivity contribution in [2.24, 2.45) is 4.99 Å². The van der Waals surface area contributed by atoms with Crippen molar-refractivity contribution in [3.8, 4) is 5.75 Å². The molecule has 1 N–H and O–H groups in total. The molecule has 0 radical (unpaired) electrons. The summed E-state index contributed by atoms with van der Waals surface area (Å²) >= 11 is 1.41. The van der Waals surface area contributed by atoms with Crippen LogP contribution in [0.4, 0.5) is 5.69 Å². The minimum Gasteiger partial charge on any atom is -0.507 e. The minimum atomic E-state index is -0.245. The lowest BCUT2D eigenvalue weighted by atomic mass is 9.78. The van der Waals surface area contributed by atoms with Crippen LogP contribution in [-0.2, 0) is 22.0 Å². The summed E-state index contributed by atoms with van der Waals surface area (Å²) < 4.78 is 0. The van der Waals surface area contributed by atoms with Crippen molar-refractivity contribution < 1.29 is 9.90 Å². The van der Waals surface area contributed by atoms with Crippen molar-refractivity contribution in [3.05, 3.63) is 99.5 Å². The SMILES string of the molecule is Cc1ccc(N=C2S/C(=C/c3cc(C(C)(C)C)c(O)c(C(C)(C)C)c3)C(=O)N2CCc2ccccc2)cc1. The first-order chi connectivity index (χ1) is 17.8. The average molecular weight is 527 g/mol. The van der Waals surface area contributed by atoms with E-state index in [1.54, 1.807) is 4.90 Å². The number of nitrogens with zero attached hydrogens (tertiary/aromatic N) is 2. The third-order valence-corrected chi connectivity index (χ3v) is 7.67. The van der Waals surface area contributed by atoms with E-state index in [2.05, 4.69) is 53.7 Å². The molecule has 0 aliphatic carbocycles. The number of hydrogen-bond donors (Lipinski definition) is 1. The molecule has 0 aromatic heterocycles. The van der Waals surface area contributed by atoms with Gasteiger partial charge in [-0.3, -0.25) is 9.69 Å². The predicted octanol–water partition coefficient (Wildman–Crippen LogP) is 8.14. The fraction of sp³-hybridized carbons (Fsp3) is 0.333. The summed E-state index contributed by atoms with van der Waals surface area (Å²) in [5, 5.41) is 11.8. The Morgan fingerprint density at radius 2 is 1.47 bits per heavy atom. The maximum absolute atomic E-state index is 13.7. The molecule has 1 aliphatic rings. The van der Waals surface area contributed by atoms with Crippen molar-refractivity contribution >= 4 is 34.6 Å². The molecule has 0 unspecified atom stereocenters. The molecule has 1 amide bonds. The quantitative estimate of drug-likeness (QED) is 0.341.